The van der Waals surface area contributed by atoms with Gasteiger partial charge in [-0.3, -0.25) is 0 Å². The highest BCUT2D eigenvalue weighted by atomic mass is 19.4. The lowest BCUT2D eigenvalue weighted by Crippen LogP contribution is -2.34. The SMILES string of the molecule is CCN(CC)c1ccc([B-](F)(F)F)cc1. The number of nitrogens with zero attached hydrogens (tertiary/aromatic N) is 1. The maximum absolute atomic E-state index is 12.3. The van der Waals surface area contributed by atoms with Crippen molar-refractivity contribution in [1.82, 2.24) is 0 Å². The summed E-state index contributed by atoms with van der Waals surface area (Å²) in [6.45, 7) is 0.682. The minimum atomic E-state index is -4.87. The molecule has 0 N–H and O–H groups in total. The zero-order valence-corrected chi connectivity index (χ0v) is 8.88. The number of rotatable bonds is 4. The van der Waals surface area contributed by atoms with E-state index in [9.17, 15) is 12.9 Å². The Morgan fingerprint density at radius 2 is 1.47 bits per heavy atom. The molecular formula is C10H14BF3N-. The molecule has 0 bridgehead atoms. The first-order valence-electron chi connectivity index (χ1n) is 5.03. The summed E-state index contributed by atoms with van der Waals surface area (Å²) in [6, 6.07) is 5.34. The minimum absolute atomic E-state index is 0.536. The van der Waals surface area contributed by atoms with Gasteiger partial charge in [0.05, 0.1) is 0 Å². The maximum atomic E-state index is 12.3. The summed E-state index contributed by atoms with van der Waals surface area (Å²) in [6.07, 6.45) is 0. The predicted molar refractivity (Wildman–Crippen MR) is 58.7 cm³/mol. The summed E-state index contributed by atoms with van der Waals surface area (Å²) in [5, 5.41) is 0. The molecule has 1 aromatic carbocycles. The standard InChI is InChI=1S/C10H14BF3N/c1-3-15(4-2)10-7-5-9(6-8-10)11(12,13)14/h5-8H,3-4H2,1-2H3/q-1. The number of hydrogen-bond acceptors (Lipinski definition) is 1. The molecule has 0 fully saturated rings. The van der Waals surface area contributed by atoms with Crippen molar-refractivity contribution < 1.29 is 12.9 Å². The first-order valence-corrected chi connectivity index (χ1v) is 5.03. The lowest BCUT2D eigenvalue weighted by atomic mass is 9.80. The van der Waals surface area contributed by atoms with Gasteiger partial charge in [0.1, 0.15) is 0 Å². The molecule has 1 aromatic rings. The Kier molecular flexibility index (Phi) is 3.66. The molecule has 1 rings (SSSR count). The third-order valence-corrected chi connectivity index (χ3v) is 2.40. The van der Waals surface area contributed by atoms with Crippen LogP contribution >= 0.6 is 0 Å². The van der Waals surface area contributed by atoms with Gasteiger partial charge >= 0.3 is 6.98 Å². The van der Waals surface area contributed by atoms with Crippen molar-refractivity contribution in [1.29, 1.82) is 0 Å². The summed E-state index contributed by atoms with van der Waals surface area (Å²) in [7, 11) is 0. The molecule has 0 radical (unpaired) electrons. The second kappa shape index (κ2) is 4.60. The first kappa shape index (κ1) is 11.9. The van der Waals surface area contributed by atoms with Crippen molar-refractivity contribution >= 4 is 18.1 Å². The monoisotopic (exact) mass is 216 g/mol. The van der Waals surface area contributed by atoms with Crippen LogP contribution in [0.5, 0.6) is 0 Å². The van der Waals surface area contributed by atoms with Gasteiger partial charge in [0.2, 0.25) is 0 Å². The zero-order chi connectivity index (χ0) is 11.5. The van der Waals surface area contributed by atoms with Crippen LogP contribution in [0.4, 0.5) is 18.6 Å². The van der Waals surface area contributed by atoms with Crippen molar-refractivity contribution in [3.05, 3.63) is 24.3 Å². The molecule has 0 aliphatic rings. The highest BCUT2D eigenvalue weighted by Gasteiger charge is 2.25. The maximum Gasteiger partial charge on any atom is 0.509 e. The van der Waals surface area contributed by atoms with Crippen molar-refractivity contribution in [3.8, 4) is 0 Å². The predicted octanol–water partition coefficient (Wildman–Crippen LogP) is 2.59. The number of hydrogen-bond donors (Lipinski definition) is 0. The highest BCUT2D eigenvalue weighted by molar-refractivity contribution is 6.73. The third kappa shape index (κ3) is 2.91. The van der Waals surface area contributed by atoms with E-state index in [1.54, 1.807) is 0 Å². The second-order valence-electron chi connectivity index (χ2n) is 3.34. The Bertz CT molecular complexity index is 303. The average molecular weight is 216 g/mol. The lowest BCUT2D eigenvalue weighted by Gasteiger charge is -2.22. The summed E-state index contributed by atoms with van der Waals surface area (Å²) >= 11 is 0. The van der Waals surface area contributed by atoms with E-state index < -0.39 is 12.4 Å². The molecule has 0 spiro atoms. The van der Waals surface area contributed by atoms with Crippen LogP contribution in [0.2, 0.25) is 0 Å². The molecule has 15 heavy (non-hydrogen) atoms. The van der Waals surface area contributed by atoms with Crippen LogP contribution in [-0.4, -0.2) is 20.1 Å². The van der Waals surface area contributed by atoms with Crippen molar-refractivity contribution in [2.24, 2.45) is 0 Å². The molecule has 0 atom stereocenters. The van der Waals surface area contributed by atoms with Gasteiger partial charge in [0, 0.05) is 18.8 Å². The molecule has 0 saturated heterocycles. The van der Waals surface area contributed by atoms with Crippen molar-refractivity contribution in [2.45, 2.75) is 13.8 Å². The molecule has 0 amide bonds. The van der Waals surface area contributed by atoms with Gasteiger partial charge < -0.3 is 17.8 Å². The van der Waals surface area contributed by atoms with Crippen LogP contribution in [0.25, 0.3) is 0 Å². The first-order chi connectivity index (χ1) is 6.99. The van der Waals surface area contributed by atoms with Crippen LogP contribution in [0.15, 0.2) is 24.3 Å². The van der Waals surface area contributed by atoms with Gasteiger partial charge in [-0.25, -0.2) is 0 Å². The quantitative estimate of drug-likeness (QED) is 0.699. The molecule has 84 valence electrons. The van der Waals surface area contributed by atoms with Crippen LogP contribution in [0, 0.1) is 0 Å². The fraction of sp³-hybridized carbons (Fsp3) is 0.400. The second-order valence-corrected chi connectivity index (χ2v) is 3.34. The smallest absolute Gasteiger partial charge is 0.445 e. The van der Waals surface area contributed by atoms with E-state index in [2.05, 4.69) is 0 Å². The Labute approximate surface area is 88.0 Å². The Balaban J connectivity index is 2.89. The largest absolute Gasteiger partial charge is 0.509 e. The van der Waals surface area contributed by atoms with Crippen molar-refractivity contribution in [3.63, 3.8) is 0 Å². The van der Waals surface area contributed by atoms with Crippen LogP contribution in [-0.2, 0) is 0 Å². The molecule has 0 heterocycles. The Morgan fingerprint density at radius 1 is 1.00 bits per heavy atom. The normalized spacial score (nSPS) is 11.5. The average Bonchev–Trinajstić information content (AvgIpc) is 2.19. The van der Waals surface area contributed by atoms with E-state index in [0.29, 0.717) is 0 Å². The molecular weight excluding hydrogens is 202 g/mol. The van der Waals surface area contributed by atoms with E-state index in [-0.39, 0.29) is 0 Å². The third-order valence-electron chi connectivity index (χ3n) is 2.40. The van der Waals surface area contributed by atoms with E-state index in [1.165, 1.54) is 12.1 Å². The fourth-order valence-corrected chi connectivity index (χ4v) is 1.49. The van der Waals surface area contributed by atoms with Gasteiger partial charge in [-0.2, -0.15) is 0 Å². The molecule has 0 aliphatic heterocycles. The summed E-state index contributed by atoms with van der Waals surface area (Å²) in [4.78, 5) is 2.01. The zero-order valence-electron chi connectivity index (χ0n) is 8.88. The van der Waals surface area contributed by atoms with Gasteiger partial charge in [0.25, 0.3) is 0 Å². The van der Waals surface area contributed by atoms with E-state index >= 15 is 0 Å². The van der Waals surface area contributed by atoms with Crippen LogP contribution < -0.4 is 10.4 Å². The fourth-order valence-electron chi connectivity index (χ4n) is 1.49. The summed E-state index contributed by atoms with van der Waals surface area (Å²) < 4.78 is 37.0. The summed E-state index contributed by atoms with van der Waals surface area (Å²) in [5.41, 5.74) is 0.301. The topological polar surface area (TPSA) is 3.24 Å². The number of benzene rings is 1. The van der Waals surface area contributed by atoms with Gasteiger partial charge in [-0.15, -0.1) is 5.46 Å². The number of anilines is 1. The number of halogens is 3. The van der Waals surface area contributed by atoms with E-state index in [1.807, 2.05) is 18.7 Å². The molecule has 0 saturated carbocycles. The van der Waals surface area contributed by atoms with Gasteiger partial charge in [-0.1, -0.05) is 12.1 Å². The molecule has 0 aromatic heterocycles. The molecule has 1 nitrogen and oxygen atoms in total. The summed E-state index contributed by atoms with van der Waals surface area (Å²) in [5.74, 6) is 0. The molecule has 0 unspecified atom stereocenters. The van der Waals surface area contributed by atoms with Crippen LogP contribution in [0.3, 0.4) is 0 Å². The van der Waals surface area contributed by atoms with Crippen LogP contribution in [0.1, 0.15) is 13.8 Å². The minimum Gasteiger partial charge on any atom is -0.445 e. The van der Waals surface area contributed by atoms with Crippen molar-refractivity contribution in [2.75, 3.05) is 18.0 Å². The lowest BCUT2D eigenvalue weighted by molar-refractivity contribution is 0.501. The van der Waals surface area contributed by atoms with Gasteiger partial charge in [-0.05, 0) is 26.0 Å². The molecule has 5 heteroatoms. The van der Waals surface area contributed by atoms with E-state index in [4.69, 9.17) is 0 Å². The Hall–Kier alpha value is -1.13. The van der Waals surface area contributed by atoms with Gasteiger partial charge in [0.15, 0.2) is 0 Å². The Morgan fingerprint density at radius 3 is 1.80 bits per heavy atom. The molecule has 0 aliphatic carbocycles. The highest BCUT2D eigenvalue weighted by Crippen LogP contribution is 2.15. The van der Waals surface area contributed by atoms with E-state index in [0.717, 1.165) is 30.9 Å².